The van der Waals surface area contributed by atoms with E-state index in [1.807, 2.05) is 36.1 Å². The van der Waals surface area contributed by atoms with Crippen molar-refractivity contribution in [1.29, 1.82) is 0 Å². The lowest BCUT2D eigenvalue weighted by Gasteiger charge is -2.18. The van der Waals surface area contributed by atoms with Crippen molar-refractivity contribution in [1.82, 2.24) is 4.90 Å². The predicted octanol–water partition coefficient (Wildman–Crippen LogP) is 3.85. The normalized spacial score (nSPS) is 20.6. The minimum Gasteiger partial charge on any atom is -0.395 e. The van der Waals surface area contributed by atoms with Crippen LogP contribution in [0.5, 0.6) is 0 Å². The number of rotatable bonds is 4. The summed E-state index contributed by atoms with van der Waals surface area (Å²) in [6.07, 6.45) is 3.70. The zero-order valence-electron chi connectivity index (χ0n) is 12.9. The number of benzene rings is 1. The zero-order chi connectivity index (χ0) is 17.3. The Morgan fingerprint density at radius 1 is 1.29 bits per heavy atom. The SMILES string of the molecule is CCN1C(=O)C(=CC=C2Sc3ccc(Cl)cc3N2CCO)SC1=S. The number of halogens is 1. The highest BCUT2D eigenvalue weighted by Gasteiger charge is 2.30. The van der Waals surface area contributed by atoms with E-state index in [0.717, 1.165) is 15.6 Å². The molecule has 0 unspecified atom stereocenters. The summed E-state index contributed by atoms with van der Waals surface area (Å²) < 4.78 is 0.591. The van der Waals surface area contributed by atoms with Gasteiger partial charge >= 0.3 is 0 Å². The number of amides is 1. The summed E-state index contributed by atoms with van der Waals surface area (Å²) >= 11 is 14.2. The van der Waals surface area contributed by atoms with E-state index in [-0.39, 0.29) is 12.5 Å². The topological polar surface area (TPSA) is 43.8 Å². The number of carbonyl (C=O) groups excluding carboxylic acids is 1. The van der Waals surface area contributed by atoms with E-state index >= 15 is 0 Å². The first-order valence-electron chi connectivity index (χ1n) is 7.36. The second kappa shape index (κ2) is 7.49. The number of β-amino-alcohol motifs (C(OH)–C–C–N with tert-alkyl or cyclic N) is 1. The molecule has 0 atom stereocenters. The number of allylic oxidation sites excluding steroid dienone is 2. The van der Waals surface area contributed by atoms with E-state index in [0.29, 0.717) is 27.3 Å². The van der Waals surface area contributed by atoms with Crippen LogP contribution >= 0.6 is 47.3 Å². The van der Waals surface area contributed by atoms with Crippen molar-refractivity contribution >= 4 is 63.3 Å². The minimum atomic E-state index is -0.0541. The maximum absolute atomic E-state index is 12.3. The van der Waals surface area contributed by atoms with Gasteiger partial charge < -0.3 is 10.0 Å². The van der Waals surface area contributed by atoms with Crippen LogP contribution in [-0.2, 0) is 4.79 Å². The van der Waals surface area contributed by atoms with E-state index in [1.165, 1.54) is 11.8 Å². The van der Waals surface area contributed by atoms with Gasteiger partial charge in [-0.25, -0.2) is 0 Å². The van der Waals surface area contributed by atoms with Gasteiger partial charge in [0.05, 0.1) is 22.2 Å². The standard InChI is InChI=1S/C16H15ClN2O2S3/c1-2-18-15(21)13(24-16(18)22)5-6-14-19(7-8-20)11-9-10(17)3-4-12(11)23-14/h3-6,9,20H,2,7-8H2,1H3. The average Bonchev–Trinajstić information content (AvgIpc) is 3.03. The summed E-state index contributed by atoms with van der Waals surface area (Å²) in [5.41, 5.74) is 0.974. The molecule has 1 N–H and O–H groups in total. The molecule has 0 spiro atoms. The van der Waals surface area contributed by atoms with E-state index in [2.05, 4.69) is 0 Å². The molecule has 1 aromatic rings. The Labute approximate surface area is 159 Å². The highest BCUT2D eigenvalue weighted by molar-refractivity contribution is 8.26. The lowest BCUT2D eigenvalue weighted by molar-refractivity contribution is -0.122. The third kappa shape index (κ3) is 3.36. The van der Waals surface area contributed by atoms with Crippen molar-refractivity contribution in [2.75, 3.05) is 24.6 Å². The molecule has 1 amide bonds. The first-order valence-corrected chi connectivity index (χ1v) is 9.78. The summed E-state index contributed by atoms with van der Waals surface area (Å²) in [4.78, 5) is 17.6. The number of anilines is 1. The Kier molecular flexibility index (Phi) is 5.56. The van der Waals surface area contributed by atoms with Crippen LogP contribution in [0.1, 0.15) is 6.92 Å². The van der Waals surface area contributed by atoms with Gasteiger partial charge in [-0.05, 0) is 37.3 Å². The first kappa shape index (κ1) is 17.8. The highest BCUT2D eigenvalue weighted by Crippen LogP contribution is 2.47. The van der Waals surface area contributed by atoms with Gasteiger partial charge in [-0.3, -0.25) is 9.69 Å². The summed E-state index contributed by atoms with van der Waals surface area (Å²) in [6.45, 7) is 2.98. The molecule has 4 nitrogen and oxygen atoms in total. The van der Waals surface area contributed by atoms with Crippen LogP contribution in [0.3, 0.4) is 0 Å². The van der Waals surface area contributed by atoms with Crippen molar-refractivity contribution in [2.45, 2.75) is 11.8 Å². The zero-order valence-corrected chi connectivity index (χ0v) is 16.1. The van der Waals surface area contributed by atoms with Gasteiger partial charge in [-0.2, -0.15) is 0 Å². The van der Waals surface area contributed by atoms with Gasteiger partial charge in [-0.15, -0.1) is 0 Å². The van der Waals surface area contributed by atoms with E-state index in [1.54, 1.807) is 22.7 Å². The molecule has 0 aliphatic carbocycles. The molecule has 24 heavy (non-hydrogen) atoms. The predicted molar refractivity (Wildman–Crippen MR) is 105 cm³/mol. The third-order valence-electron chi connectivity index (χ3n) is 3.58. The number of thioether (sulfide) groups is 2. The van der Waals surface area contributed by atoms with Gasteiger partial charge in [0, 0.05) is 23.0 Å². The molecule has 2 aliphatic rings. The maximum Gasteiger partial charge on any atom is 0.266 e. The summed E-state index contributed by atoms with van der Waals surface area (Å²) in [5.74, 6) is -0.0541. The van der Waals surface area contributed by atoms with Gasteiger partial charge in [0.25, 0.3) is 5.91 Å². The molecule has 0 bridgehead atoms. The van der Waals surface area contributed by atoms with Gasteiger partial charge in [0.1, 0.15) is 4.32 Å². The Hall–Kier alpha value is -0.990. The maximum atomic E-state index is 12.3. The minimum absolute atomic E-state index is 0.0296. The monoisotopic (exact) mass is 398 g/mol. The van der Waals surface area contributed by atoms with E-state index in [4.69, 9.17) is 23.8 Å². The quantitative estimate of drug-likeness (QED) is 0.613. The molecular weight excluding hydrogens is 384 g/mol. The molecule has 1 fully saturated rings. The van der Waals surface area contributed by atoms with Crippen LogP contribution < -0.4 is 4.90 Å². The van der Waals surface area contributed by atoms with Crippen molar-refractivity contribution in [3.8, 4) is 0 Å². The van der Waals surface area contributed by atoms with Crippen molar-refractivity contribution in [3.63, 3.8) is 0 Å². The number of aliphatic hydroxyl groups is 1. The third-order valence-corrected chi connectivity index (χ3v) is 6.34. The smallest absolute Gasteiger partial charge is 0.266 e. The fourth-order valence-corrected chi connectivity index (χ4v) is 5.03. The lowest BCUT2D eigenvalue weighted by Crippen LogP contribution is -2.27. The van der Waals surface area contributed by atoms with Crippen LogP contribution in [0.25, 0.3) is 0 Å². The Bertz CT molecular complexity index is 764. The number of hydrogen-bond donors (Lipinski definition) is 1. The van der Waals surface area contributed by atoms with E-state index in [9.17, 15) is 9.90 Å². The number of hydrogen-bond acceptors (Lipinski definition) is 6. The number of carbonyl (C=O) groups is 1. The second-order valence-corrected chi connectivity index (χ2v) is 8.22. The van der Waals surface area contributed by atoms with Gasteiger partial charge in [0.2, 0.25) is 0 Å². The molecule has 0 radical (unpaired) electrons. The van der Waals surface area contributed by atoms with Crippen LogP contribution in [-0.4, -0.2) is 39.9 Å². The summed E-state index contributed by atoms with van der Waals surface area (Å²) in [6, 6.07) is 5.70. The Balaban J connectivity index is 1.89. The molecule has 1 saturated heterocycles. The molecule has 0 saturated carbocycles. The lowest BCUT2D eigenvalue weighted by atomic mass is 10.3. The second-order valence-electron chi connectivity index (χ2n) is 5.04. The van der Waals surface area contributed by atoms with Crippen LogP contribution in [0.15, 0.2) is 45.2 Å². The van der Waals surface area contributed by atoms with Crippen molar-refractivity contribution in [3.05, 3.63) is 45.3 Å². The average molecular weight is 399 g/mol. The van der Waals surface area contributed by atoms with Crippen LogP contribution in [0.2, 0.25) is 5.02 Å². The molecular formula is C16H15ClN2O2S3. The molecule has 8 heteroatoms. The number of likely N-dealkylation sites (N-methyl/N-ethyl adjacent to an activating group) is 1. The summed E-state index contributed by atoms with van der Waals surface area (Å²) in [5, 5.41) is 11.0. The van der Waals surface area contributed by atoms with Crippen molar-refractivity contribution in [2.24, 2.45) is 0 Å². The molecule has 126 valence electrons. The van der Waals surface area contributed by atoms with Gasteiger partial charge in [-0.1, -0.05) is 47.3 Å². The highest BCUT2D eigenvalue weighted by atomic mass is 35.5. The summed E-state index contributed by atoms with van der Waals surface area (Å²) in [7, 11) is 0. The number of aliphatic hydroxyl groups excluding tert-OH is 1. The molecule has 3 rings (SSSR count). The molecule has 0 aromatic heterocycles. The van der Waals surface area contributed by atoms with Crippen LogP contribution in [0.4, 0.5) is 5.69 Å². The Morgan fingerprint density at radius 2 is 2.08 bits per heavy atom. The fraction of sp³-hybridized carbons (Fsp3) is 0.250. The number of nitrogens with zero attached hydrogens (tertiary/aromatic N) is 2. The van der Waals surface area contributed by atoms with Crippen LogP contribution in [0, 0.1) is 0 Å². The largest absolute Gasteiger partial charge is 0.395 e. The van der Waals surface area contributed by atoms with E-state index < -0.39 is 0 Å². The molecule has 2 aliphatic heterocycles. The number of fused-ring (bicyclic) bond motifs is 1. The van der Waals surface area contributed by atoms with Gasteiger partial charge in [0.15, 0.2) is 0 Å². The van der Waals surface area contributed by atoms with Crippen molar-refractivity contribution < 1.29 is 9.90 Å². The Morgan fingerprint density at radius 3 is 2.75 bits per heavy atom. The molecule has 1 aromatic carbocycles. The fourth-order valence-electron chi connectivity index (χ4n) is 2.46. The number of thiocarbonyl (C=S) groups is 1. The first-order chi connectivity index (χ1) is 11.5. The molecule has 2 heterocycles.